The summed E-state index contributed by atoms with van der Waals surface area (Å²) in [6, 6.07) is 8.40. The van der Waals surface area contributed by atoms with Gasteiger partial charge in [-0.3, -0.25) is 14.4 Å². The summed E-state index contributed by atoms with van der Waals surface area (Å²) in [5, 5.41) is 9.27. The van der Waals surface area contributed by atoms with Crippen molar-refractivity contribution in [2.45, 2.75) is 302 Å². The summed E-state index contributed by atoms with van der Waals surface area (Å²) in [5.41, 5.74) is -4.28. The summed E-state index contributed by atoms with van der Waals surface area (Å²) in [6.07, 6.45) is -5.54. The van der Waals surface area contributed by atoms with Crippen molar-refractivity contribution in [3.05, 3.63) is 94.5 Å². The zero-order valence-electron chi connectivity index (χ0n) is 77.8. The number of aromatic nitrogens is 3. The number of carbonyl (C=O) groups excluding carboxylic acids is 9. The number of carbonyl (C=O) groups is 6. The SMILES string of the molecule is CC[C@@H]1[C@@H]2CN(C(=O)[C@H](C(C)(C)C)NC(=O)O[C@@H]3C[C@H]3CCCCC(F)(F)c3cc4ccc(OC(F)(F)F)cc4nc3O2)[C@@H]1[C-]=O.CC[C@@H]1[C@@H]2CN(C(=O)[C@H](C(C)(C)C)NC(=O)O[C@]3(C)C[C@H]3CCCCC(F)(F)c3cc4ccc(Cl)cc4nc3O2)[C@@H]1[C-]=O.C[C@@H]1[C@@H]2CN(C(=O)[C@H](C(C)(C)C)NC(=O)O[C@@H]3C[C@H]3CCCCC(F)(F)c3cc4ccc(OC(F)(F)F)cc4nc3O2)[C@@H]1[C-]=O.[V].[V].[V]. The molecule has 3 saturated heterocycles. The Kier molecular flexibility index (Phi) is 34.6. The third-order valence-electron chi connectivity index (χ3n) is 26.8. The quantitative estimate of drug-likeness (QED) is 0.0759. The van der Waals surface area contributed by atoms with Crippen molar-refractivity contribution in [3.8, 4) is 29.1 Å². The molecule has 9 aliphatic rings. The number of halogens is 13. The zero-order valence-corrected chi connectivity index (χ0v) is 82.7. The van der Waals surface area contributed by atoms with E-state index in [4.69, 9.17) is 40.0 Å². The molecule has 6 aliphatic heterocycles. The number of nitrogens with zero attached hydrogens (tertiary/aromatic N) is 6. The van der Waals surface area contributed by atoms with Crippen LogP contribution in [0.3, 0.4) is 0 Å². The van der Waals surface area contributed by atoms with Crippen molar-refractivity contribution in [3.63, 3.8) is 0 Å². The Labute approximate surface area is 826 Å². The largest absolute Gasteiger partial charge is 0.573 e. The Hall–Kier alpha value is -8.68. The van der Waals surface area contributed by atoms with Gasteiger partial charge in [0.05, 0.1) is 52.9 Å². The molecule has 6 fully saturated rings. The van der Waals surface area contributed by atoms with Gasteiger partial charge in [-0.25, -0.2) is 74.5 Å². The number of fused-ring (bicyclic) bond motifs is 15. The van der Waals surface area contributed by atoms with Crippen LogP contribution in [-0.4, -0.2) is 189 Å². The van der Waals surface area contributed by atoms with Crippen molar-refractivity contribution in [2.75, 3.05) is 19.6 Å². The van der Waals surface area contributed by atoms with Gasteiger partial charge < -0.3 is 82.9 Å². The first-order valence-electron chi connectivity index (χ1n) is 45.3. The van der Waals surface area contributed by atoms with E-state index in [1.807, 2.05) is 53.5 Å². The second kappa shape index (κ2) is 43.0. The molecule has 26 nitrogen and oxygen atoms in total. The molecule has 6 bridgehead atoms. The number of alkyl carbamates (subject to hydrolysis) is 3. The minimum Gasteiger partial charge on any atom is -0.540 e. The van der Waals surface area contributed by atoms with Gasteiger partial charge in [0.1, 0.15) is 65.7 Å². The minimum atomic E-state index is -4.98. The number of hydrogen-bond acceptors (Lipinski definition) is 20. The molecular formula is C95H111ClF12N9O17V3-3. The van der Waals surface area contributed by atoms with Crippen molar-refractivity contribution >= 4 is 99.2 Å². The monoisotopic (exact) mass is 2070 g/mol. The zero-order chi connectivity index (χ0) is 97.8. The summed E-state index contributed by atoms with van der Waals surface area (Å²) in [4.78, 5) is 134. The number of rotatable bonds is 7. The molecule has 3 aromatic carbocycles. The van der Waals surface area contributed by atoms with Gasteiger partial charge in [0, 0.05) is 114 Å². The van der Waals surface area contributed by atoms with E-state index in [1.54, 1.807) is 73.6 Å². The van der Waals surface area contributed by atoms with Gasteiger partial charge >= 0.3 is 31.0 Å². The fraction of sp³-hybridized carbons (Fsp3) is 0.621. The van der Waals surface area contributed by atoms with Crippen molar-refractivity contribution in [1.82, 2.24) is 45.6 Å². The van der Waals surface area contributed by atoms with Gasteiger partial charge in [-0.2, -0.15) is 0 Å². The fourth-order valence-electron chi connectivity index (χ4n) is 18.8. The molecule has 42 heteroatoms. The molecule has 137 heavy (non-hydrogen) atoms. The number of hydrogen-bond donors (Lipinski definition) is 3. The summed E-state index contributed by atoms with van der Waals surface area (Å²) in [7, 11) is 0. The maximum Gasteiger partial charge on any atom is 0.573 e. The van der Waals surface area contributed by atoms with Gasteiger partial charge in [-0.15, -0.1) is 26.3 Å². The molecule has 747 valence electrons. The summed E-state index contributed by atoms with van der Waals surface area (Å²) in [5.74, 6) is -16.2. The van der Waals surface area contributed by atoms with Crippen LogP contribution in [0.5, 0.6) is 29.1 Å². The first-order chi connectivity index (χ1) is 62.6. The van der Waals surface area contributed by atoms with E-state index in [1.165, 1.54) is 32.9 Å². The predicted octanol–water partition coefficient (Wildman–Crippen LogP) is 19.0. The van der Waals surface area contributed by atoms with Gasteiger partial charge in [0.15, 0.2) is 0 Å². The molecule has 18 atom stereocenters. The van der Waals surface area contributed by atoms with E-state index >= 15 is 26.3 Å². The van der Waals surface area contributed by atoms with Crippen LogP contribution in [-0.2, 0) is 116 Å². The average molecular weight is 2070 g/mol. The molecule has 3 aliphatic carbocycles. The molecule has 3 N–H and O–H groups in total. The Morgan fingerprint density at radius 1 is 0.453 bits per heavy atom. The molecule has 3 aromatic heterocycles. The number of ether oxygens (including phenoxy) is 8. The van der Waals surface area contributed by atoms with Gasteiger partial charge in [0.2, 0.25) is 35.4 Å². The predicted molar refractivity (Wildman–Crippen MR) is 463 cm³/mol. The number of alkyl halides is 12. The first kappa shape index (κ1) is 110. The summed E-state index contributed by atoms with van der Waals surface area (Å²) >= 11 is 6.18. The van der Waals surface area contributed by atoms with Crippen LogP contribution in [0.4, 0.5) is 67.1 Å². The topological polar surface area (TPSA) is 312 Å². The van der Waals surface area contributed by atoms with Crippen LogP contribution in [0.1, 0.15) is 216 Å². The Balaban J connectivity index is 0.000000210. The maximum absolute atomic E-state index is 15.9. The molecular weight excluding hydrogens is 1960 g/mol. The van der Waals surface area contributed by atoms with Crippen LogP contribution < -0.4 is 39.6 Å². The number of amides is 6. The van der Waals surface area contributed by atoms with E-state index in [-0.39, 0.29) is 164 Å². The fourth-order valence-corrected chi connectivity index (χ4v) is 19.0. The number of pyridine rings is 3. The normalized spacial score (nSPS) is 29.2. The first-order valence-corrected chi connectivity index (χ1v) is 45.7. The smallest absolute Gasteiger partial charge is 0.540 e. The molecule has 6 aromatic rings. The number of nitrogens with one attached hydrogen (secondary N) is 3. The standard InChI is InChI=1S/C32H39ClF2N3O5.C32H37F5N3O6.C31H35F5N3O6.3V/c1-6-21-24(17-39)38-16-25(21)42-27-22(13-18-10-11-20(33)14-23(18)36-27)32(34,35)12-8-7-9-19-15-31(19,5)43-29(41)37-26(28(38)40)30(2,3)4;1-5-20-23(16-41)40-15-25(20)44-27-21(12-17-9-10-19(14-22(17)38-27)46-32(35,36)37)31(33,34)11-7-6-8-18-13-24(18)45-29(43)39-26(28(40)42)30(2,3)4;1-16-22(15-40)39-14-24(16)43-26-20(11-17-8-9-19(13-21(17)37-26)45-31(34,35)36)30(32,33)10-6-5-7-18-12-23(18)44-28(42)38-25(27(39)41)29(2,3)4;;;/h10-11,13-14,19,21,24-26H,6-9,12,15-16H2,1-5H3,(H,37,41);9-10,12,14,18,20,23-26H,5-8,11,13,15H2,1-4H3,(H,39,43);8-9,11,13,16,18,22-25H,5-7,10,12,14H2,1-4H3,(H,38,42);;;/q3*-1;;;/t19-,21+,24-,25+,26-,31-;18-,20+,23-,24-,25+,26-;16-,18+,22+,23+,24-,25+;;;/m110.../s1. The van der Waals surface area contributed by atoms with Crippen LogP contribution in [0.2, 0.25) is 5.02 Å². The maximum atomic E-state index is 15.9. The van der Waals surface area contributed by atoms with E-state index < -0.39 is 214 Å². The van der Waals surface area contributed by atoms with Crippen molar-refractivity contribution < 1.29 is 189 Å². The third-order valence-corrected chi connectivity index (χ3v) is 27.0. The van der Waals surface area contributed by atoms with Crippen LogP contribution >= 0.6 is 11.6 Å². The van der Waals surface area contributed by atoms with E-state index in [9.17, 15) is 69.5 Å². The van der Waals surface area contributed by atoms with E-state index in [0.717, 1.165) is 36.4 Å². The molecule has 0 unspecified atom stereocenters. The molecule has 9 heterocycles. The van der Waals surface area contributed by atoms with Crippen LogP contribution in [0, 0.1) is 51.8 Å². The van der Waals surface area contributed by atoms with Gasteiger partial charge in [-0.1, -0.05) is 151 Å². The number of benzene rings is 3. The Morgan fingerprint density at radius 3 is 1.15 bits per heavy atom. The second-order valence-electron chi connectivity index (χ2n) is 40.0. The Morgan fingerprint density at radius 2 is 0.788 bits per heavy atom. The molecule has 3 radical (unpaired) electrons. The molecule has 3 saturated carbocycles. The Bertz CT molecular complexity index is 5410. The molecule has 0 spiro atoms. The summed E-state index contributed by atoms with van der Waals surface area (Å²) in [6.45, 7) is 22.3. The van der Waals surface area contributed by atoms with Gasteiger partial charge in [-0.05, 0) is 165 Å². The molecule has 15 rings (SSSR count). The summed E-state index contributed by atoms with van der Waals surface area (Å²) < 4.78 is 216. The van der Waals surface area contributed by atoms with E-state index in [2.05, 4.69) is 40.4 Å². The van der Waals surface area contributed by atoms with Crippen LogP contribution in [0.15, 0.2) is 72.8 Å². The van der Waals surface area contributed by atoms with Gasteiger partial charge in [0.25, 0.3) is 17.8 Å². The van der Waals surface area contributed by atoms with Crippen LogP contribution in [0.25, 0.3) is 32.7 Å². The van der Waals surface area contributed by atoms with Crippen molar-refractivity contribution in [1.29, 1.82) is 0 Å². The van der Waals surface area contributed by atoms with E-state index in [0.29, 0.717) is 80.1 Å². The minimum absolute atomic E-state index is 0. The molecule has 6 amide bonds. The second-order valence-corrected chi connectivity index (χ2v) is 40.4. The third kappa shape index (κ3) is 26.2. The average Bonchev–Trinajstić information content (AvgIpc) is 1.42. The van der Waals surface area contributed by atoms with Crippen molar-refractivity contribution in [2.24, 2.45) is 51.8 Å².